The summed E-state index contributed by atoms with van der Waals surface area (Å²) >= 11 is 0. The second-order valence-corrected chi connectivity index (χ2v) is 12.7. The first-order valence-electron chi connectivity index (χ1n) is 17.4. The van der Waals surface area contributed by atoms with Crippen LogP contribution in [0.5, 0.6) is 0 Å². The summed E-state index contributed by atoms with van der Waals surface area (Å²) in [6, 6.07) is 23.9. The van der Waals surface area contributed by atoms with Crippen molar-refractivity contribution in [3.8, 4) is 0 Å². The third-order valence-corrected chi connectivity index (χ3v) is 8.81. The molecule has 0 amide bonds. The quantitative estimate of drug-likeness (QED) is 0.181. The molecule has 0 unspecified atom stereocenters. The van der Waals surface area contributed by atoms with Crippen molar-refractivity contribution in [2.75, 3.05) is 20.3 Å². The summed E-state index contributed by atoms with van der Waals surface area (Å²) in [5.41, 5.74) is 0.421. The van der Waals surface area contributed by atoms with Gasteiger partial charge in [0.1, 0.15) is 18.8 Å². The van der Waals surface area contributed by atoms with Crippen molar-refractivity contribution in [1.29, 1.82) is 0 Å². The van der Waals surface area contributed by atoms with E-state index in [-0.39, 0.29) is 16.7 Å². The molecule has 3 aromatic rings. The van der Waals surface area contributed by atoms with Gasteiger partial charge in [-0.15, -0.1) is 0 Å². The van der Waals surface area contributed by atoms with E-state index >= 15 is 0 Å². The number of methoxy groups -OCH3 is 1. The molecular weight excluding hydrogens is 740 g/mol. The van der Waals surface area contributed by atoms with Crippen LogP contribution in [0.15, 0.2) is 91.0 Å². The second-order valence-electron chi connectivity index (χ2n) is 12.7. The normalized spacial score (nSPS) is 28.0. The lowest BCUT2D eigenvalue weighted by Gasteiger charge is -2.45. The van der Waals surface area contributed by atoms with Gasteiger partial charge in [-0.05, 0) is 36.4 Å². The molecule has 3 aromatic carbocycles. The minimum atomic E-state index is -1.58. The predicted octanol–water partition coefficient (Wildman–Crippen LogP) is 3.17. The minimum absolute atomic E-state index is 0.130. The van der Waals surface area contributed by atoms with E-state index in [0.29, 0.717) is 0 Å². The van der Waals surface area contributed by atoms with E-state index in [1.807, 2.05) is 0 Å². The fourth-order valence-electron chi connectivity index (χ4n) is 6.28. The first-order valence-corrected chi connectivity index (χ1v) is 17.4. The Labute approximate surface area is 319 Å². The van der Waals surface area contributed by atoms with Crippen LogP contribution in [0.1, 0.15) is 44.9 Å². The smallest absolute Gasteiger partial charge is 0.463 e. The van der Waals surface area contributed by atoms with Crippen LogP contribution in [0.3, 0.4) is 0 Å². The maximum atomic E-state index is 13.7. The number of esters is 5. The van der Waals surface area contributed by atoms with E-state index in [1.165, 1.54) is 43.5 Å². The van der Waals surface area contributed by atoms with Gasteiger partial charge < -0.3 is 52.1 Å². The molecule has 6 rings (SSSR count). The highest BCUT2D eigenvalue weighted by atomic mass is 16.8. The Kier molecular flexibility index (Phi) is 12.9. The first kappa shape index (κ1) is 39.8. The van der Waals surface area contributed by atoms with Crippen LogP contribution < -0.4 is 0 Å². The van der Waals surface area contributed by atoms with Gasteiger partial charge in [0, 0.05) is 21.0 Å². The number of benzene rings is 3. The third kappa shape index (κ3) is 9.49. The van der Waals surface area contributed by atoms with Crippen LogP contribution in [0, 0.1) is 0 Å². The number of hydrogen-bond acceptors (Lipinski definition) is 17. The molecule has 0 radical (unpaired) electrons. The topological polar surface area (TPSA) is 204 Å². The van der Waals surface area contributed by atoms with Gasteiger partial charge in [0.25, 0.3) is 0 Å². The average Bonchev–Trinajstić information content (AvgIpc) is 3.60. The number of rotatable bonds is 13. The van der Waals surface area contributed by atoms with Crippen molar-refractivity contribution in [3.63, 3.8) is 0 Å². The molecule has 3 aliphatic rings. The summed E-state index contributed by atoms with van der Waals surface area (Å²) in [5.74, 6) is -3.94. The summed E-state index contributed by atoms with van der Waals surface area (Å²) < 4.78 is 63.1. The number of hydrogen-bond donors (Lipinski definition) is 0. The summed E-state index contributed by atoms with van der Waals surface area (Å²) in [5, 5.41) is 0. The Morgan fingerprint density at radius 3 is 1.50 bits per heavy atom. The number of fused-ring (bicyclic) bond motifs is 1. The molecule has 296 valence electrons. The van der Waals surface area contributed by atoms with Gasteiger partial charge >= 0.3 is 36.0 Å². The van der Waals surface area contributed by atoms with Crippen molar-refractivity contribution < 1.29 is 80.9 Å². The molecule has 3 saturated heterocycles. The molecule has 3 aliphatic heterocycles. The number of carbonyl (C=O) groups excluding carboxylic acids is 6. The van der Waals surface area contributed by atoms with E-state index in [4.69, 9.17) is 52.1 Å². The fourth-order valence-corrected chi connectivity index (χ4v) is 6.28. The molecule has 0 spiro atoms. The van der Waals surface area contributed by atoms with Gasteiger partial charge in [-0.1, -0.05) is 54.6 Å². The highest BCUT2D eigenvalue weighted by molar-refractivity contribution is 5.91. The Morgan fingerprint density at radius 2 is 1.00 bits per heavy atom. The molecule has 0 aliphatic carbocycles. The minimum Gasteiger partial charge on any atom is -0.463 e. The van der Waals surface area contributed by atoms with Crippen molar-refractivity contribution >= 4 is 36.0 Å². The predicted molar refractivity (Wildman–Crippen MR) is 185 cm³/mol. The molecule has 56 heavy (non-hydrogen) atoms. The molecular formula is C39H38O17. The van der Waals surface area contributed by atoms with Crippen LogP contribution in [0.2, 0.25) is 0 Å². The molecule has 3 fully saturated rings. The summed E-state index contributed by atoms with van der Waals surface area (Å²) in [6.45, 7) is 1.33. The Bertz CT molecular complexity index is 1850. The second kappa shape index (κ2) is 18.2. The molecule has 0 bridgehead atoms. The zero-order chi connectivity index (χ0) is 39.8. The summed E-state index contributed by atoms with van der Waals surface area (Å²) in [4.78, 5) is 76.9. The van der Waals surface area contributed by atoms with Crippen molar-refractivity contribution in [3.05, 3.63) is 108 Å². The molecule has 17 nitrogen and oxygen atoms in total. The standard InChI is InChI=1S/C39H38O17/c1-21(40)47-19-26-28(49-22(2)41)31-33(56-39(45)55-31)38(51-26)48-20-27-29(52-34(42)23-13-7-4-8-14-23)30(53-35(43)24-15-9-5-10-16-24)32(37(46-3)50-27)54-36(44)25-17-11-6-12-18-25/h4-18,26-33,37-38H,19-20H2,1-3H3/t26-,27-,28+,29-,30+,31+,32-,33-,37+,38+/m1/s1. The molecule has 17 heteroatoms. The monoisotopic (exact) mass is 778 g/mol. The average molecular weight is 779 g/mol. The lowest BCUT2D eigenvalue weighted by atomic mass is 9.97. The van der Waals surface area contributed by atoms with Gasteiger partial charge in [-0.2, -0.15) is 0 Å². The van der Waals surface area contributed by atoms with E-state index in [0.717, 1.165) is 13.8 Å². The highest BCUT2D eigenvalue weighted by Crippen LogP contribution is 2.36. The maximum Gasteiger partial charge on any atom is 0.509 e. The molecule has 10 atom stereocenters. The molecule has 0 aromatic heterocycles. The van der Waals surface area contributed by atoms with Crippen molar-refractivity contribution in [1.82, 2.24) is 0 Å². The first-order chi connectivity index (χ1) is 27.0. The Morgan fingerprint density at radius 1 is 0.536 bits per heavy atom. The Hall–Kier alpha value is -5.88. The van der Waals surface area contributed by atoms with Gasteiger partial charge in [0.15, 0.2) is 49.2 Å². The van der Waals surface area contributed by atoms with E-state index in [9.17, 15) is 28.8 Å². The number of carbonyl (C=O) groups is 6. The van der Waals surface area contributed by atoms with Crippen LogP contribution in [-0.4, -0.2) is 118 Å². The van der Waals surface area contributed by atoms with E-state index < -0.39 is 111 Å². The number of ether oxygens (including phenoxy) is 11. The fraction of sp³-hybridized carbons (Fsp3) is 0.385. The lowest BCUT2D eigenvalue weighted by molar-refractivity contribution is -0.318. The largest absolute Gasteiger partial charge is 0.509 e. The van der Waals surface area contributed by atoms with E-state index in [1.54, 1.807) is 54.6 Å². The summed E-state index contributed by atoms with van der Waals surface area (Å²) in [6.07, 6.45) is -15.0. The van der Waals surface area contributed by atoms with Gasteiger partial charge in [0.2, 0.25) is 0 Å². The molecule has 0 N–H and O–H groups in total. The van der Waals surface area contributed by atoms with Crippen LogP contribution in [0.4, 0.5) is 4.79 Å². The molecule has 3 heterocycles. The van der Waals surface area contributed by atoms with Crippen LogP contribution >= 0.6 is 0 Å². The SMILES string of the molecule is CO[C@H]1O[C@H](CO[C@H]2O[C@H](COC(C)=O)[C@H](OC(C)=O)[C@@H]3OC(=O)O[C@@H]23)[C@@H](OC(=O)c2ccccc2)[C@H](OC(=O)c2ccccc2)[C@H]1OC(=O)c1ccccc1. The van der Waals surface area contributed by atoms with E-state index in [2.05, 4.69) is 0 Å². The van der Waals surface area contributed by atoms with Crippen LogP contribution in [-0.2, 0) is 61.7 Å². The zero-order valence-electron chi connectivity index (χ0n) is 30.3. The molecule has 0 saturated carbocycles. The summed E-state index contributed by atoms with van der Waals surface area (Å²) in [7, 11) is 1.26. The maximum absolute atomic E-state index is 13.7. The van der Waals surface area contributed by atoms with Crippen molar-refractivity contribution in [2.45, 2.75) is 75.3 Å². The van der Waals surface area contributed by atoms with Gasteiger partial charge in [-0.25, -0.2) is 19.2 Å². The van der Waals surface area contributed by atoms with Crippen molar-refractivity contribution in [2.24, 2.45) is 0 Å². The van der Waals surface area contributed by atoms with Gasteiger partial charge in [-0.3, -0.25) is 9.59 Å². The third-order valence-electron chi connectivity index (χ3n) is 8.81. The lowest BCUT2D eigenvalue weighted by Crippen LogP contribution is -2.64. The van der Waals surface area contributed by atoms with Gasteiger partial charge in [0.05, 0.1) is 23.3 Å². The highest BCUT2D eigenvalue weighted by Gasteiger charge is 2.58. The zero-order valence-corrected chi connectivity index (χ0v) is 30.3. The Balaban J connectivity index is 1.34. The van der Waals surface area contributed by atoms with Crippen LogP contribution in [0.25, 0.3) is 0 Å².